The van der Waals surface area contributed by atoms with Crippen LogP contribution < -0.4 is 0 Å². The first-order valence-corrected chi connectivity index (χ1v) is 8.70. The van der Waals surface area contributed by atoms with Crippen LogP contribution in [-0.2, 0) is 12.8 Å². The molecule has 4 aromatic rings. The van der Waals surface area contributed by atoms with Gasteiger partial charge in [0.25, 0.3) is 0 Å². The predicted octanol–water partition coefficient (Wildman–Crippen LogP) is 4.63. The number of aromatic amines is 1. The van der Waals surface area contributed by atoms with Crippen molar-refractivity contribution in [2.75, 3.05) is 0 Å². The van der Waals surface area contributed by atoms with Gasteiger partial charge in [-0.2, -0.15) is 0 Å². The molecule has 3 heterocycles. The van der Waals surface area contributed by atoms with Gasteiger partial charge in [-0.25, -0.2) is 4.98 Å². The molecule has 1 aromatic carbocycles. The van der Waals surface area contributed by atoms with Crippen LogP contribution in [0.5, 0.6) is 0 Å². The van der Waals surface area contributed by atoms with Gasteiger partial charge in [0.05, 0.1) is 6.42 Å². The molecule has 5 heteroatoms. The van der Waals surface area contributed by atoms with Gasteiger partial charge in [-0.3, -0.25) is 9.78 Å². The monoisotopic (exact) mass is 361 g/mol. The number of nitrogens with one attached hydrogen (secondary N) is 1. The van der Waals surface area contributed by atoms with E-state index in [1.165, 1.54) is 5.56 Å². The highest BCUT2D eigenvalue weighted by molar-refractivity contribution is 6.31. The number of nitrogens with zero attached hydrogens (tertiary/aromatic N) is 2. The average Bonchev–Trinajstić information content (AvgIpc) is 3.06. The van der Waals surface area contributed by atoms with Crippen molar-refractivity contribution in [2.24, 2.45) is 0 Å². The highest BCUT2D eigenvalue weighted by atomic mass is 35.5. The Morgan fingerprint density at radius 2 is 2.00 bits per heavy atom. The van der Waals surface area contributed by atoms with Crippen LogP contribution >= 0.6 is 11.6 Å². The summed E-state index contributed by atoms with van der Waals surface area (Å²) in [5, 5.41) is 1.68. The Balaban J connectivity index is 1.47. The number of carbonyl (C=O) groups is 1. The van der Waals surface area contributed by atoms with Crippen molar-refractivity contribution in [2.45, 2.75) is 12.8 Å². The average molecular weight is 362 g/mol. The minimum Gasteiger partial charge on any atom is -0.346 e. The molecule has 0 aliphatic carbocycles. The first-order valence-electron chi connectivity index (χ1n) is 8.32. The van der Waals surface area contributed by atoms with Crippen LogP contribution in [-0.4, -0.2) is 20.7 Å². The Kier molecular flexibility index (Phi) is 4.50. The topological polar surface area (TPSA) is 58.6 Å². The molecule has 0 saturated heterocycles. The second kappa shape index (κ2) is 7.10. The molecule has 0 radical (unpaired) electrons. The number of aromatic nitrogens is 3. The summed E-state index contributed by atoms with van der Waals surface area (Å²) >= 11 is 5.95. The zero-order chi connectivity index (χ0) is 17.9. The van der Waals surface area contributed by atoms with Crippen LogP contribution in [0.3, 0.4) is 0 Å². The Labute approximate surface area is 155 Å². The van der Waals surface area contributed by atoms with E-state index in [1.807, 2.05) is 30.6 Å². The fraction of sp³-hybridized carbons (Fsp3) is 0.0952. The first kappa shape index (κ1) is 16.5. The molecular formula is C21H16ClN3O. The van der Waals surface area contributed by atoms with Crippen LogP contribution in [0.2, 0.25) is 5.02 Å². The minimum atomic E-state index is 0.00968. The van der Waals surface area contributed by atoms with Crippen molar-refractivity contribution in [3.05, 3.63) is 94.5 Å². The first-order chi connectivity index (χ1) is 12.7. The number of pyridine rings is 2. The van der Waals surface area contributed by atoms with Crippen molar-refractivity contribution >= 4 is 28.4 Å². The van der Waals surface area contributed by atoms with Crippen molar-refractivity contribution in [3.63, 3.8) is 0 Å². The van der Waals surface area contributed by atoms with Crippen LogP contribution in [0, 0.1) is 0 Å². The maximum atomic E-state index is 12.3. The lowest BCUT2D eigenvalue weighted by Gasteiger charge is -2.04. The maximum absolute atomic E-state index is 12.3. The standard InChI is InChI=1S/C21H16ClN3O/c22-17-4-1-3-15(10-17)20(26)11-18-7-6-14(12-24-18)9-16-13-25-21-19(16)5-2-8-23-21/h1-8,10,12-13H,9,11H2,(H,23,25). The number of H-pyrrole nitrogens is 1. The fourth-order valence-electron chi connectivity index (χ4n) is 2.97. The number of Topliss-reactive ketones (excluding diaryl/α,β-unsaturated/α-hetero) is 1. The molecule has 0 amide bonds. The van der Waals surface area contributed by atoms with Crippen LogP contribution in [0.4, 0.5) is 0 Å². The molecule has 4 rings (SSSR count). The largest absolute Gasteiger partial charge is 0.346 e. The zero-order valence-corrected chi connectivity index (χ0v) is 14.7. The van der Waals surface area contributed by atoms with Crippen molar-refractivity contribution in [3.8, 4) is 0 Å². The summed E-state index contributed by atoms with van der Waals surface area (Å²) in [6, 6.07) is 14.9. The summed E-state index contributed by atoms with van der Waals surface area (Å²) in [6.45, 7) is 0. The maximum Gasteiger partial charge on any atom is 0.168 e. The molecule has 128 valence electrons. The lowest BCUT2D eigenvalue weighted by atomic mass is 10.0. The Morgan fingerprint density at radius 1 is 1.08 bits per heavy atom. The predicted molar refractivity (Wildman–Crippen MR) is 103 cm³/mol. The van der Waals surface area contributed by atoms with Gasteiger partial charge in [-0.15, -0.1) is 0 Å². The molecule has 1 N–H and O–H groups in total. The third kappa shape index (κ3) is 3.51. The van der Waals surface area contributed by atoms with E-state index in [2.05, 4.69) is 21.0 Å². The highest BCUT2D eigenvalue weighted by Gasteiger charge is 2.09. The molecule has 0 fully saturated rings. The third-order valence-electron chi connectivity index (χ3n) is 4.31. The van der Waals surface area contributed by atoms with Gasteiger partial charge in [-0.05, 0) is 41.5 Å². The molecular weight excluding hydrogens is 346 g/mol. The van der Waals surface area contributed by atoms with E-state index < -0.39 is 0 Å². The van der Waals surface area contributed by atoms with Gasteiger partial charge in [0.15, 0.2) is 5.78 Å². The van der Waals surface area contributed by atoms with Crippen LogP contribution in [0.1, 0.15) is 27.2 Å². The molecule has 4 nitrogen and oxygen atoms in total. The SMILES string of the molecule is O=C(Cc1ccc(Cc2c[nH]c3ncccc23)cn1)c1cccc(Cl)c1. The second-order valence-electron chi connectivity index (χ2n) is 6.16. The Hall–Kier alpha value is -2.98. The smallest absolute Gasteiger partial charge is 0.168 e. The lowest BCUT2D eigenvalue weighted by molar-refractivity contribution is 0.0992. The van der Waals surface area contributed by atoms with E-state index in [0.29, 0.717) is 10.6 Å². The van der Waals surface area contributed by atoms with Crippen molar-refractivity contribution in [1.29, 1.82) is 0 Å². The number of benzene rings is 1. The Bertz CT molecular complexity index is 1070. The number of carbonyl (C=O) groups excluding carboxylic acids is 1. The van der Waals surface area contributed by atoms with Crippen LogP contribution in [0.25, 0.3) is 11.0 Å². The summed E-state index contributed by atoms with van der Waals surface area (Å²) < 4.78 is 0. The van der Waals surface area contributed by atoms with Gasteiger partial charge in [0.2, 0.25) is 0 Å². The second-order valence-corrected chi connectivity index (χ2v) is 6.59. The third-order valence-corrected chi connectivity index (χ3v) is 4.54. The summed E-state index contributed by atoms with van der Waals surface area (Å²) in [5.74, 6) is 0.00968. The van der Waals surface area contributed by atoms with E-state index >= 15 is 0 Å². The molecule has 0 unspecified atom stereocenters. The number of rotatable bonds is 5. The van der Waals surface area contributed by atoms with Gasteiger partial charge in [-0.1, -0.05) is 29.8 Å². The number of ketones is 1. The van der Waals surface area contributed by atoms with E-state index in [9.17, 15) is 4.79 Å². The minimum absolute atomic E-state index is 0.00968. The molecule has 0 spiro atoms. The molecule has 0 bridgehead atoms. The molecule has 0 atom stereocenters. The molecule has 26 heavy (non-hydrogen) atoms. The summed E-state index contributed by atoms with van der Waals surface area (Å²) in [7, 11) is 0. The fourth-order valence-corrected chi connectivity index (χ4v) is 3.16. The quantitative estimate of drug-likeness (QED) is 0.527. The van der Waals surface area contributed by atoms with Gasteiger partial charge in [0, 0.05) is 46.7 Å². The summed E-state index contributed by atoms with van der Waals surface area (Å²) in [4.78, 5) is 24.3. The molecule has 0 aliphatic heterocycles. The van der Waals surface area contributed by atoms with Crippen LogP contribution in [0.15, 0.2) is 67.1 Å². The summed E-state index contributed by atoms with van der Waals surface area (Å²) in [5.41, 5.74) is 4.51. The van der Waals surface area contributed by atoms with E-state index in [1.54, 1.807) is 30.5 Å². The number of hydrogen-bond acceptors (Lipinski definition) is 3. The molecule has 0 saturated carbocycles. The number of fused-ring (bicyclic) bond motifs is 1. The normalized spacial score (nSPS) is 11.0. The van der Waals surface area contributed by atoms with Gasteiger partial charge >= 0.3 is 0 Å². The molecule has 0 aliphatic rings. The number of hydrogen-bond donors (Lipinski definition) is 1. The zero-order valence-electron chi connectivity index (χ0n) is 13.9. The van der Waals surface area contributed by atoms with Crippen molar-refractivity contribution in [1.82, 2.24) is 15.0 Å². The van der Waals surface area contributed by atoms with E-state index in [4.69, 9.17) is 11.6 Å². The number of halogens is 1. The highest BCUT2D eigenvalue weighted by Crippen LogP contribution is 2.19. The van der Waals surface area contributed by atoms with E-state index in [-0.39, 0.29) is 12.2 Å². The summed E-state index contributed by atoms with van der Waals surface area (Å²) in [6.07, 6.45) is 6.61. The van der Waals surface area contributed by atoms with Crippen molar-refractivity contribution < 1.29 is 4.79 Å². The van der Waals surface area contributed by atoms with Gasteiger partial charge < -0.3 is 4.98 Å². The molecule has 3 aromatic heterocycles. The lowest BCUT2D eigenvalue weighted by Crippen LogP contribution is -2.05. The van der Waals surface area contributed by atoms with E-state index in [0.717, 1.165) is 28.7 Å². The Morgan fingerprint density at radius 3 is 2.81 bits per heavy atom. The van der Waals surface area contributed by atoms with Gasteiger partial charge in [0.1, 0.15) is 5.65 Å².